The van der Waals surface area contributed by atoms with Gasteiger partial charge in [-0.1, -0.05) is 81.4 Å². The predicted molar refractivity (Wildman–Crippen MR) is 144 cm³/mol. The highest BCUT2D eigenvalue weighted by Crippen LogP contribution is 2.24. The maximum Gasteiger partial charge on any atom is 0.407 e. The first kappa shape index (κ1) is 31.7. The van der Waals surface area contributed by atoms with Crippen LogP contribution in [0.3, 0.4) is 0 Å². The van der Waals surface area contributed by atoms with Crippen molar-refractivity contribution in [1.82, 2.24) is 16.0 Å². The summed E-state index contributed by atoms with van der Waals surface area (Å²) in [4.78, 5) is 36.6. The van der Waals surface area contributed by atoms with Crippen LogP contribution in [-0.4, -0.2) is 54.2 Å². The van der Waals surface area contributed by atoms with Gasteiger partial charge in [-0.15, -0.1) is 0 Å². The van der Waals surface area contributed by atoms with Gasteiger partial charge in [0.05, 0.1) is 19.0 Å². The standard InChI is InChI=1S/C29H39F2N3O5/c1-20(2)14-24(34-28(38)39-18-23-12-8-5-9-13-23)27(37)29(30,31)19-33-25(35)15-21(3)17-32-26(36)16-22-10-6-4-7-11-22/h4-13,20-21,24,27,37H,14-19H2,1-3H3,(H,32,36)(H,33,35)(H,34,38). The SMILES string of the molecule is CC(C)CC(NC(=O)OCc1ccccc1)C(O)C(F)(F)CNC(=O)CC(C)CNC(=O)Cc1ccccc1. The Labute approximate surface area is 228 Å². The molecule has 4 N–H and O–H groups in total. The van der Waals surface area contributed by atoms with E-state index in [0.29, 0.717) is 0 Å². The Morgan fingerprint density at radius 1 is 0.897 bits per heavy atom. The molecule has 3 unspecified atom stereocenters. The zero-order valence-corrected chi connectivity index (χ0v) is 22.7. The van der Waals surface area contributed by atoms with E-state index in [2.05, 4.69) is 16.0 Å². The molecule has 8 nitrogen and oxygen atoms in total. The van der Waals surface area contributed by atoms with Crippen molar-refractivity contribution in [2.45, 2.75) is 64.7 Å². The maximum atomic E-state index is 14.9. The van der Waals surface area contributed by atoms with Crippen molar-refractivity contribution in [1.29, 1.82) is 0 Å². The number of carbonyl (C=O) groups is 3. The van der Waals surface area contributed by atoms with E-state index in [4.69, 9.17) is 4.74 Å². The molecule has 10 heteroatoms. The number of ether oxygens (including phenoxy) is 1. The van der Waals surface area contributed by atoms with E-state index in [1.165, 1.54) is 0 Å². The van der Waals surface area contributed by atoms with E-state index in [0.717, 1.165) is 11.1 Å². The Balaban J connectivity index is 1.80. The molecule has 0 aliphatic heterocycles. The Hall–Kier alpha value is -3.53. The van der Waals surface area contributed by atoms with Crippen LogP contribution in [0.1, 0.15) is 44.7 Å². The van der Waals surface area contributed by atoms with Crippen molar-refractivity contribution >= 4 is 17.9 Å². The summed E-state index contributed by atoms with van der Waals surface area (Å²) in [7, 11) is 0. The van der Waals surface area contributed by atoms with Crippen LogP contribution in [0.25, 0.3) is 0 Å². The van der Waals surface area contributed by atoms with Crippen LogP contribution in [0.5, 0.6) is 0 Å². The smallest absolute Gasteiger partial charge is 0.407 e. The van der Waals surface area contributed by atoms with Gasteiger partial charge in [-0.05, 0) is 29.4 Å². The van der Waals surface area contributed by atoms with Crippen molar-refractivity contribution < 1.29 is 33.0 Å². The molecule has 0 aromatic heterocycles. The Kier molecular flexibility index (Phi) is 12.8. The number of rotatable bonds is 15. The van der Waals surface area contributed by atoms with E-state index in [9.17, 15) is 28.3 Å². The third-order valence-corrected chi connectivity index (χ3v) is 5.97. The minimum Gasteiger partial charge on any atom is -0.445 e. The average Bonchev–Trinajstić information content (AvgIpc) is 2.90. The monoisotopic (exact) mass is 547 g/mol. The summed E-state index contributed by atoms with van der Waals surface area (Å²) < 4.78 is 34.8. The zero-order valence-electron chi connectivity index (χ0n) is 22.7. The van der Waals surface area contributed by atoms with Gasteiger partial charge in [0.2, 0.25) is 11.8 Å². The second-order valence-corrected chi connectivity index (χ2v) is 10.2. The number of alkyl carbamates (subject to hydrolysis) is 1. The summed E-state index contributed by atoms with van der Waals surface area (Å²) in [6, 6.07) is 16.8. The number of alkyl halides is 2. The predicted octanol–water partition coefficient (Wildman–Crippen LogP) is 3.83. The Morgan fingerprint density at radius 3 is 2.08 bits per heavy atom. The van der Waals surface area contributed by atoms with Crippen LogP contribution in [0.4, 0.5) is 13.6 Å². The fourth-order valence-electron chi connectivity index (χ4n) is 3.90. The van der Waals surface area contributed by atoms with Crippen molar-refractivity contribution in [3.05, 3.63) is 71.8 Å². The summed E-state index contributed by atoms with van der Waals surface area (Å²) in [6.07, 6.45) is -2.98. The highest BCUT2D eigenvalue weighted by Gasteiger charge is 2.44. The third-order valence-electron chi connectivity index (χ3n) is 5.97. The highest BCUT2D eigenvalue weighted by molar-refractivity contribution is 5.79. The molecule has 2 aromatic carbocycles. The van der Waals surface area contributed by atoms with Crippen LogP contribution in [0, 0.1) is 11.8 Å². The zero-order chi connectivity index (χ0) is 28.8. The number of nitrogens with one attached hydrogen (secondary N) is 3. The van der Waals surface area contributed by atoms with Crippen LogP contribution >= 0.6 is 0 Å². The summed E-state index contributed by atoms with van der Waals surface area (Å²) in [5, 5.41) is 17.7. The molecule has 0 aliphatic rings. The van der Waals surface area contributed by atoms with Gasteiger partial charge in [-0.2, -0.15) is 0 Å². The van der Waals surface area contributed by atoms with Crippen LogP contribution in [0.2, 0.25) is 0 Å². The van der Waals surface area contributed by atoms with Gasteiger partial charge in [0.1, 0.15) is 12.7 Å². The quantitative estimate of drug-likeness (QED) is 0.271. The first-order valence-electron chi connectivity index (χ1n) is 13.1. The number of carbonyl (C=O) groups excluding carboxylic acids is 3. The minimum absolute atomic E-state index is 0.0471. The number of hydrogen-bond donors (Lipinski definition) is 4. The Morgan fingerprint density at radius 2 is 1.49 bits per heavy atom. The van der Waals surface area contributed by atoms with E-state index >= 15 is 0 Å². The molecule has 3 atom stereocenters. The van der Waals surface area contributed by atoms with Crippen LogP contribution in [0.15, 0.2) is 60.7 Å². The number of amides is 3. The second kappa shape index (κ2) is 15.8. The van der Waals surface area contributed by atoms with Gasteiger partial charge in [-0.25, -0.2) is 13.6 Å². The second-order valence-electron chi connectivity index (χ2n) is 10.2. The van der Waals surface area contributed by atoms with E-state index in [1.807, 2.05) is 36.4 Å². The first-order chi connectivity index (χ1) is 18.5. The molecule has 39 heavy (non-hydrogen) atoms. The average molecular weight is 548 g/mol. The third kappa shape index (κ3) is 12.2. The molecule has 0 aliphatic carbocycles. The lowest BCUT2D eigenvalue weighted by atomic mass is 9.95. The van der Waals surface area contributed by atoms with Gasteiger partial charge in [0, 0.05) is 13.0 Å². The molecule has 3 amide bonds. The summed E-state index contributed by atoms with van der Waals surface area (Å²) >= 11 is 0. The van der Waals surface area contributed by atoms with Crippen LogP contribution in [-0.2, 0) is 27.4 Å². The molecular weight excluding hydrogens is 508 g/mol. The largest absolute Gasteiger partial charge is 0.445 e. The molecule has 0 bridgehead atoms. The van der Waals surface area contributed by atoms with Crippen LogP contribution < -0.4 is 16.0 Å². The maximum absolute atomic E-state index is 14.9. The summed E-state index contributed by atoms with van der Waals surface area (Å²) in [5.74, 6) is -4.95. The number of aliphatic hydroxyl groups is 1. The molecule has 0 radical (unpaired) electrons. The fourth-order valence-corrected chi connectivity index (χ4v) is 3.90. The van der Waals surface area contributed by atoms with Gasteiger partial charge in [-0.3, -0.25) is 9.59 Å². The number of benzene rings is 2. The van der Waals surface area contributed by atoms with E-state index in [-0.39, 0.29) is 50.2 Å². The number of aliphatic hydroxyl groups excluding tert-OH is 1. The molecule has 2 rings (SSSR count). The van der Waals surface area contributed by atoms with Crippen molar-refractivity contribution in [3.8, 4) is 0 Å². The summed E-state index contributed by atoms with van der Waals surface area (Å²) in [6.45, 7) is 4.33. The van der Waals surface area contributed by atoms with Gasteiger partial charge >= 0.3 is 6.09 Å². The molecule has 0 saturated heterocycles. The lowest BCUT2D eigenvalue weighted by Gasteiger charge is -2.31. The molecule has 214 valence electrons. The lowest BCUT2D eigenvalue weighted by Crippen LogP contribution is -2.55. The normalized spacial score (nSPS) is 13.7. The highest BCUT2D eigenvalue weighted by atomic mass is 19.3. The van der Waals surface area contributed by atoms with Gasteiger partial charge < -0.3 is 25.8 Å². The summed E-state index contributed by atoms with van der Waals surface area (Å²) in [5.41, 5.74) is 1.59. The van der Waals surface area contributed by atoms with E-state index in [1.54, 1.807) is 45.0 Å². The Bertz CT molecular complexity index is 1040. The van der Waals surface area contributed by atoms with Crippen molar-refractivity contribution in [2.75, 3.05) is 13.1 Å². The molecule has 0 heterocycles. The fraction of sp³-hybridized carbons (Fsp3) is 0.483. The molecule has 0 saturated carbocycles. The van der Waals surface area contributed by atoms with E-state index < -0.39 is 36.6 Å². The molecular formula is C29H39F2N3O5. The lowest BCUT2D eigenvalue weighted by molar-refractivity contribution is -0.134. The molecule has 2 aromatic rings. The topological polar surface area (TPSA) is 117 Å². The number of halogens is 2. The molecule has 0 spiro atoms. The van der Waals surface area contributed by atoms with Crippen molar-refractivity contribution in [2.24, 2.45) is 11.8 Å². The minimum atomic E-state index is -3.71. The number of hydrogen-bond acceptors (Lipinski definition) is 5. The first-order valence-corrected chi connectivity index (χ1v) is 13.1. The molecule has 0 fully saturated rings. The van der Waals surface area contributed by atoms with Crippen molar-refractivity contribution in [3.63, 3.8) is 0 Å². The van der Waals surface area contributed by atoms with Gasteiger partial charge in [0.15, 0.2) is 0 Å². The van der Waals surface area contributed by atoms with Gasteiger partial charge in [0.25, 0.3) is 5.92 Å².